The number of ether oxygens (including phenoxy) is 2. The Hall–Kier alpha value is -3.16. The van der Waals surface area contributed by atoms with Gasteiger partial charge in [0, 0.05) is 13.1 Å². The Morgan fingerprint density at radius 2 is 1.69 bits per heavy atom. The van der Waals surface area contributed by atoms with Crippen molar-refractivity contribution in [2.45, 2.75) is 27.7 Å². The zero-order chi connectivity index (χ0) is 24.8. The summed E-state index contributed by atoms with van der Waals surface area (Å²) in [6.45, 7) is 12.4. The number of carbonyl (C=O) groups excluding carboxylic acids is 1. The Balaban J connectivity index is 1.81. The van der Waals surface area contributed by atoms with E-state index in [1.807, 2.05) is 73.3 Å². The first-order valence-electron chi connectivity index (χ1n) is 12.3. The second-order valence-corrected chi connectivity index (χ2v) is 9.14. The molecular weight excluding hydrogens is 458 g/mol. The molecule has 0 unspecified atom stereocenters. The van der Waals surface area contributed by atoms with Crippen LogP contribution in [0.2, 0.25) is 0 Å². The maximum Gasteiger partial charge on any atom is 0.264 e. The molecule has 0 bridgehead atoms. The van der Waals surface area contributed by atoms with Crippen LogP contribution >= 0.6 is 11.3 Å². The topological polar surface area (TPSA) is 54.9 Å². The van der Waals surface area contributed by atoms with E-state index in [0.29, 0.717) is 36.2 Å². The van der Waals surface area contributed by atoms with Crippen LogP contribution in [0.1, 0.15) is 38.1 Å². The highest BCUT2D eigenvalue weighted by Crippen LogP contribution is 2.35. The molecule has 1 amide bonds. The number of fused-ring (bicyclic) bond motifs is 2. The molecule has 0 fully saturated rings. The van der Waals surface area contributed by atoms with Crippen molar-refractivity contribution in [3.63, 3.8) is 0 Å². The van der Waals surface area contributed by atoms with Gasteiger partial charge in [0.25, 0.3) is 5.91 Å². The summed E-state index contributed by atoms with van der Waals surface area (Å²) in [7, 11) is 0. The van der Waals surface area contributed by atoms with Gasteiger partial charge in [0.1, 0.15) is 11.5 Å². The predicted molar refractivity (Wildman–Crippen MR) is 145 cm³/mol. The standard InChI is InChI=1S/C28H33N3O3S/c1-5-30(6-2)17-18-31(28-29-23-15-14-21(33-7-3)19-25(23)35-28)27(32)26-22-12-10-9-11-20(22)13-16-24(26)34-8-4/h9-16,19H,5-8,17-18H2,1-4H3. The van der Waals surface area contributed by atoms with E-state index in [1.54, 1.807) is 0 Å². The molecule has 3 aromatic carbocycles. The summed E-state index contributed by atoms with van der Waals surface area (Å²) in [5.41, 5.74) is 1.44. The van der Waals surface area contributed by atoms with Gasteiger partial charge in [-0.3, -0.25) is 9.69 Å². The largest absolute Gasteiger partial charge is 0.494 e. The number of hydrogen-bond acceptors (Lipinski definition) is 6. The zero-order valence-electron chi connectivity index (χ0n) is 20.9. The molecule has 4 aromatic rings. The number of likely N-dealkylation sites (N-methyl/N-ethyl adjacent to an activating group) is 1. The monoisotopic (exact) mass is 491 g/mol. The molecule has 4 rings (SSSR count). The normalized spacial score (nSPS) is 11.3. The van der Waals surface area contributed by atoms with Gasteiger partial charge in [-0.05, 0) is 62.0 Å². The van der Waals surface area contributed by atoms with Crippen LogP contribution in [0.25, 0.3) is 21.0 Å². The quantitative estimate of drug-likeness (QED) is 0.249. The fraction of sp³-hybridized carbons (Fsp3) is 0.357. The van der Waals surface area contributed by atoms with E-state index < -0.39 is 0 Å². The summed E-state index contributed by atoms with van der Waals surface area (Å²) in [5.74, 6) is 1.31. The van der Waals surface area contributed by atoms with Gasteiger partial charge in [-0.15, -0.1) is 0 Å². The molecule has 184 valence electrons. The zero-order valence-corrected chi connectivity index (χ0v) is 21.7. The number of rotatable bonds is 11. The lowest BCUT2D eigenvalue weighted by molar-refractivity contribution is 0.0982. The molecule has 35 heavy (non-hydrogen) atoms. The Bertz CT molecular complexity index is 1300. The highest BCUT2D eigenvalue weighted by molar-refractivity contribution is 7.22. The summed E-state index contributed by atoms with van der Waals surface area (Å²) in [6, 6.07) is 17.7. The molecule has 0 saturated heterocycles. The molecule has 0 aliphatic rings. The number of nitrogens with zero attached hydrogens (tertiary/aromatic N) is 3. The van der Waals surface area contributed by atoms with Crippen LogP contribution in [0, 0.1) is 0 Å². The lowest BCUT2D eigenvalue weighted by Crippen LogP contribution is -2.39. The van der Waals surface area contributed by atoms with Gasteiger partial charge in [-0.2, -0.15) is 0 Å². The summed E-state index contributed by atoms with van der Waals surface area (Å²) in [6.07, 6.45) is 0. The molecule has 0 saturated carbocycles. The van der Waals surface area contributed by atoms with E-state index in [2.05, 4.69) is 18.7 Å². The summed E-state index contributed by atoms with van der Waals surface area (Å²) >= 11 is 1.51. The Morgan fingerprint density at radius 3 is 2.43 bits per heavy atom. The van der Waals surface area contributed by atoms with Crippen LogP contribution in [0.5, 0.6) is 11.5 Å². The fourth-order valence-corrected chi connectivity index (χ4v) is 5.23. The van der Waals surface area contributed by atoms with Gasteiger partial charge in [0.05, 0.1) is 29.0 Å². The lowest BCUT2D eigenvalue weighted by atomic mass is 10.0. The molecule has 0 aliphatic heterocycles. The van der Waals surface area contributed by atoms with E-state index in [-0.39, 0.29) is 5.91 Å². The molecule has 0 aliphatic carbocycles. The second kappa shape index (κ2) is 11.5. The number of anilines is 1. The minimum Gasteiger partial charge on any atom is -0.494 e. The number of amides is 1. The number of aromatic nitrogens is 1. The highest BCUT2D eigenvalue weighted by Gasteiger charge is 2.26. The average molecular weight is 492 g/mol. The van der Waals surface area contributed by atoms with Crippen LogP contribution in [0.3, 0.4) is 0 Å². The van der Waals surface area contributed by atoms with Crippen molar-refractivity contribution in [1.82, 2.24) is 9.88 Å². The average Bonchev–Trinajstić information content (AvgIpc) is 3.29. The molecule has 1 heterocycles. The number of benzene rings is 3. The van der Waals surface area contributed by atoms with Gasteiger partial charge >= 0.3 is 0 Å². The van der Waals surface area contributed by atoms with Gasteiger partial charge in [0.2, 0.25) is 0 Å². The minimum atomic E-state index is -0.0958. The van der Waals surface area contributed by atoms with Gasteiger partial charge in [-0.25, -0.2) is 4.98 Å². The predicted octanol–water partition coefficient (Wildman–Crippen LogP) is 6.24. The Morgan fingerprint density at radius 1 is 0.914 bits per heavy atom. The number of carbonyl (C=O) groups is 1. The summed E-state index contributed by atoms with van der Waals surface area (Å²) in [5, 5.41) is 2.57. The van der Waals surface area contributed by atoms with Gasteiger partial charge < -0.3 is 14.4 Å². The van der Waals surface area contributed by atoms with Crippen LogP contribution < -0.4 is 14.4 Å². The Labute approximate surface area is 211 Å². The van der Waals surface area contributed by atoms with Crippen molar-refractivity contribution in [3.05, 3.63) is 60.2 Å². The van der Waals surface area contributed by atoms with Crippen molar-refractivity contribution in [3.8, 4) is 11.5 Å². The number of hydrogen-bond donors (Lipinski definition) is 0. The van der Waals surface area contributed by atoms with Crippen LogP contribution in [0.4, 0.5) is 5.13 Å². The number of thiazole rings is 1. The summed E-state index contributed by atoms with van der Waals surface area (Å²) in [4.78, 5) is 23.2. The molecular formula is C28H33N3O3S. The van der Waals surface area contributed by atoms with Crippen molar-refractivity contribution in [1.29, 1.82) is 0 Å². The van der Waals surface area contributed by atoms with Crippen molar-refractivity contribution in [2.75, 3.05) is 44.3 Å². The maximum atomic E-state index is 14.3. The van der Waals surface area contributed by atoms with Crippen molar-refractivity contribution < 1.29 is 14.3 Å². The van der Waals surface area contributed by atoms with Crippen LogP contribution in [0.15, 0.2) is 54.6 Å². The molecule has 0 N–H and O–H groups in total. The first kappa shape index (κ1) is 24.9. The highest BCUT2D eigenvalue weighted by atomic mass is 32.1. The third-order valence-electron chi connectivity index (χ3n) is 6.07. The third-order valence-corrected chi connectivity index (χ3v) is 7.12. The minimum absolute atomic E-state index is 0.0958. The smallest absolute Gasteiger partial charge is 0.264 e. The first-order valence-corrected chi connectivity index (χ1v) is 13.1. The summed E-state index contributed by atoms with van der Waals surface area (Å²) < 4.78 is 12.6. The fourth-order valence-electron chi connectivity index (χ4n) is 4.21. The van der Waals surface area contributed by atoms with E-state index >= 15 is 0 Å². The van der Waals surface area contributed by atoms with E-state index in [9.17, 15) is 4.79 Å². The molecule has 0 atom stereocenters. The van der Waals surface area contributed by atoms with Crippen molar-refractivity contribution in [2.24, 2.45) is 0 Å². The third kappa shape index (κ3) is 5.41. The SMILES string of the molecule is CCOc1ccc2nc(N(CCN(CC)CC)C(=O)c3c(OCC)ccc4ccccc34)sc2c1. The van der Waals surface area contributed by atoms with Crippen molar-refractivity contribution >= 4 is 43.4 Å². The lowest BCUT2D eigenvalue weighted by Gasteiger charge is -2.26. The van der Waals surface area contributed by atoms with Gasteiger partial charge in [-0.1, -0.05) is 55.5 Å². The molecule has 6 nitrogen and oxygen atoms in total. The molecule has 0 spiro atoms. The van der Waals surface area contributed by atoms with E-state index in [4.69, 9.17) is 14.5 Å². The second-order valence-electron chi connectivity index (χ2n) is 8.14. The molecule has 1 aromatic heterocycles. The van der Waals surface area contributed by atoms with Gasteiger partial charge in [0.15, 0.2) is 5.13 Å². The van der Waals surface area contributed by atoms with Crippen LogP contribution in [-0.2, 0) is 0 Å². The maximum absolute atomic E-state index is 14.3. The molecule has 7 heteroatoms. The molecule has 0 radical (unpaired) electrons. The van der Waals surface area contributed by atoms with E-state index in [1.165, 1.54) is 11.3 Å². The Kier molecular flexibility index (Phi) is 8.21. The van der Waals surface area contributed by atoms with E-state index in [0.717, 1.165) is 46.4 Å². The first-order chi connectivity index (χ1) is 17.1. The van der Waals surface area contributed by atoms with Crippen LogP contribution in [-0.4, -0.2) is 55.2 Å².